The number of hydrogen-bond acceptors (Lipinski definition) is 6. The molecule has 4 aromatic rings. The molecule has 0 unspecified atom stereocenters. The van der Waals surface area contributed by atoms with Gasteiger partial charge in [0.05, 0.1) is 28.4 Å². The molecule has 5 rings (SSSR count). The van der Waals surface area contributed by atoms with E-state index in [2.05, 4.69) is 60.2 Å². The van der Waals surface area contributed by atoms with Crippen molar-refractivity contribution in [2.45, 2.75) is 59.9 Å². The predicted octanol–water partition coefficient (Wildman–Crippen LogP) is 6.11. The number of nitrogens with one attached hydrogen (secondary N) is 2. The average Bonchev–Trinajstić information content (AvgIpc) is 3.40. The molecule has 1 aliphatic heterocycles. The van der Waals surface area contributed by atoms with Crippen LogP contribution in [0.4, 0.5) is 5.69 Å². The molecular weight excluding hydrogens is 520 g/mol. The lowest BCUT2D eigenvalue weighted by Gasteiger charge is -2.29. The normalized spacial score (nSPS) is 13.8. The minimum Gasteiger partial charge on any atom is -0.378 e. The molecule has 0 saturated carbocycles. The number of rotatable bonds is 8. The maximum atomic E-state index is 13.6. The number of hydrogen-bond donors (Lipinski definition) is 2. The van der Waals surface area contributed by atoms with E-state index >= 15 is 0 Å². The van der Waals surface area contributed by atoms with Gasteiger partial charge < -0.3 is 19.9 Å². The molecule has 2 aromatic carbocycles. The standard InChI is InChI=1S/C32H38N4O3S/c1-6-7-23-16-20(4)34-31(38)27(23)18-33-30(37)25-17-26(29-28(21(25)5)35-32(40-29)19(2)3)22-8-10-24(11-9-22)36-12-14-39-15-13-36/h8-11,16-17,19H,6-7,12-15,18H2,1-5H3,(H,33,37)(H,34,38). The first-order chi connectivity index (χ1) is 19.3. The predicted molar refractivity (Wildman–Crippen MR) is 164 cm³/mol. The van der Waals surface area contributed by atoms with Crippen molar-refractivity contribution in [1.29, 1.82) is 0 Å². The number of ether oxygens (including phenoxy) is 1. The fraction of sp³-hybridized carbons (Fsp3) is 0.406. The maximum Gasteiger partial charge on any atom is 0.253 e. The summed E-state index contributed by atoms with van der Waals surface area (Å²) in [6.07, 6.45) is 1.72. The summed E-state index contributed by atoms with van der Waals surface area (Å²) >= 11 is 1.70. The molecule has 2 aromatic heterocycles. The molecule has 1 aliphatic rings. The Morgan fingerprint density at radius 1 is 1.15 bits per heavy atom. The van der Waals surface area contributed by atoms with Crippen LogP contribution in [0.5, 0.6) is 0 Å². The summed E-state index contributed by atoms with van der Waals surface area (Å²) in [7, 11) is 0. The van der Waals surface area contributed by atoms with Crippen LogP contribution in [0, 0.1) is 13.8 Å². The van der Waals surface area contributed by atoms with Crippen LogP contribution in [0.2, 0.25) is 0 Å². The molecule has 0 aliphatic carbocycles. The molecule has 0 atom stereocenters. The molecule has 1 amide bonds. The highest BCUT2D eigenvalue weighted by atomic mass is 32.1. The Hall–Kier alpha value is -3.49. The summed E-state index contributed by atoms with van der Waals surface area (Å²) < 4.78 is 6.60. The Kier molecular flexibility index (Phi) is 8.38. The van der Waals surface area contributed by atoms with Gasteiger partial charge in [0, 0.05) is 53.6 Å². The van der Waals surface area contributed by atoms with Crippen LogP contribution in [-0.4, -0.2) is 42.2 Å². The molecule has 0 spiro atoms. The van der Waals surface area contributed by atoms with Crippen molar-refractivity contribution in [3.05, 3.63) is 79.7 Å². The fourth-order valence-corrected chi connectivity index (χ4v) is 6.49. The molecule has 0 bridgehead atoms. The molecule has 0 radical (unpaired) electrons. The lowest BCUT2D eigenvalue weighted by molar-refractivity contribution is 0.0950. The minimum atomic E-state index is -0.202. The summed E-state index contributed by atoms with van der Waals surface area (Å²) in [6, 6.07) is 12.6. The Bertz CT molecular complexity index is 1580. The van der Waals surface area contributed by atoms with Gasteiger partial charge in [-0.05, 0) is 61.2 Å². The highest BCUT2D eigenvalue weighted by molar-refractivity contribution is 7.19. The van der Waals surface area contributed by atoms with E-state index in [9.17, 15) is 9.59 Å². The number of pyridine rings is 1. The summed E-state index contributed by atoms with van der Waals surface area (Å²) in [4.78, 5) is 36.6. The van der Waals surface area contributed by atoms with Crippen LogP contribution in [0.25, 0.3) is 21.3 Å². The summed E-state index contributed by atoms with van der Waals surface area (Å²) in [6.45, 7) is 13.7. The van der Waals surface area contributed by atoms with Crippen molar-refractivity contribution in [3.8, 4) is 11.1 Å². The number of morpholine rings is 1. The first-order valence-corrected chi connectivity index (χ1v) is 15.0. The zero-order valence-corrected chi connectivity index (χ0v) is 24.8. The second kappa shape index (κ2) is 11.9. The number of nitrogens with zero attached hydrogens (tertiary/aromatic N) is 2. The second-order valence-corrected chi connectivity index (χ2v) is 11.9. The largest absolute Gasteiger partial charge is 0.378 e. The van der Waals surface area contributed by atoms with Gasteiger partial charge in [-0.25, -0.2) is 4.98 Å². The number of anilines is 1. The Morgan fingerprint density at radius 2 is 1.88 bits per heavy atom. The van der Waals surface area contributed by atoms with E-state index in [1.165, 1.54) is 5.69 Å². The average molecular weight is 559 g/mol. The SMILES string of the molecule is CCCc1cc(C)[nH]c(=O)c1CNC(=O)c1cc(-c2ccc(N3CCOCC3)cc2)c2sc(C(C)C)nc2c1C. The number of aromatic nitrogens is 2. The Balaban J connectivity index is 1.51. The van der Waals surface area contributed by atoms with E-state index in [1.54, 1.807) is 11.3 Å². The third-order valence-electron chi connectivity index (χ3n) is 7.54. The number of amides is 1. The van der Waals surface area contributed by atoms with Crippen molar-refractivity contribution < 1.29 is 9.53 Å². The van der Waals surface area contributed by atoms with Crippen molar-refractivity contribution in [2.75, 3.05) is 31.2 Å². The number of aromatic amines is 1. The Morgan fingerprint density at radius 3 is 2.55 bits per heavy atom. The van der Waals surface area contributed by atoms with Crippen LogP contribution in [-0.2, 0) is 17.7 Å². The summed E-state index contributed by atoms with van der Waals surface area (Å²) in [5.41, 5.74) is 7.83. The minimum absolute atomic E-state index is 0.141. The van der Waals surface area contributed by atoms with Gasteiger partial charge >= 0.3 is 0 Å². The molecule has 1 fully saturated rings. The van der Waals surface area contributed by atoms with Gasteiger partial charge in [0.1, 0.15) is 0 Å². The molecule has 1 saturated heterocycles. The van der Waals surface area contributed by atoms with Crippen molar-refractivity contribution in [3.63, 3.8) is 0 Å². The number of thiazole rings is 1. The van der Waals surface area contributed by atoms with E-state index in [0.29, 0.717) is 11.1 Å². The van der Waals surface area contributed by atoms with Crippen LogP contribution in [0.15, 0.2) is 41.2 Å². The quantitative estimate of drug-likeness (QED) is 0.272. The first-order valence-electron chi connectivity index (χ1n) is 14.1. The molecule has 40 heavy (non-hydrogen) atoms. The van der Waals surface area contributed by atoms with Crippen molar-refractivity contribution in [1.82, 2.24) is 15.3 Å². The van der Waals surface area contributed by atoms with Gasteiger partial charge in [0.15, 0.2) is 0 Å². The molecule has 2 N–H and O–H groups in total. The molecule has 3 heterocycles. The molecule has 210 valence electrons. The monoisotopic (exact) mass is 558 g/mol. The fourth-order valence-electron chi connectivity index (χ4n) is 5.32. The van der Waals surface area contributed by atoms with Crippen LogP contribution >= 0.6 is 11.3 Å². The highest BCUT2D eigenvalue weighted by Gasteiger charge is 2.21. The van der Waals surface area contributed by atoms with Crippen LogP contribution in [0.3, 0.4) is 0 Å². The molecule has 7 nitrogen and oxygen atoms in total. The summed E-state index contributed by atoms with van der Waals surface area (Å²) in [5.74, 6) is 0.0861. The molecule has 8 heteroatoms. The van der Waals surface area contributed by atoms with Crippen molar-refractivity contribution in [2.24, 2.45) is 0 Å². The van der Waals surface area contributed by atoms with E-state index in [-0.39, 0.29) is 23.9 Å². The van der Waals surface area contributed by atoms with E-state index in [0.717, 1.165) is 82.3 Å². The maximum absolute atomic E-state index is 13.6. The number of aryl methyl sites for hydroxylation is 3. The van der Waals surface area contributed by atoms with Gasteiger partial charge in [-0.15, -0.1) is 11.3 Å². The summed E-state index contributed by atoms with van der Waals surface area (Å²) in [5, 5.41) is 4.09. The lowest BCUT2D eigenvalue weighted by atomic mass is 9.97. The van der Waals surface area contributed by atoms with Crippen LogP contribution < -0.4 is 15.8 Å². The molecular formula is C32H38N4O3S. The van der Waals surface area contributed by atoms with E-state index in [4.69, 9.17) is 9.72 Å². The second-order valence-electron chi connectivity index (χ2n) is 10.8. The zero-order chi connectivity index (χ0) is 28.4. The van der Waals surface area contributed by atoms with E-state index in [1.807, 2.05) is 26.0 Å². The third kappa shape index (κ3) is 5.69. The van der Waals surface area contributed by atoms with Gasteiger partial charge in [-0.1, -0.05) is 39.3 Å². The van der Waals surface area contributed by atoms with Crippen LogP contribution in [0.1, 0.15) is 70.9 Å². The zero-order valence-electron chi connectivity index (χ0n) is 24.0. The number of carbonyl (C=O) groups is 1. The topological polar surface area (TPSA) is 87.3 Å². The van der Waals surface area contributed by atoms with Gasteiger partial charge in [-0.3, -0.25) is 9.59 Å². The Labute approximate surface area is 239 Å². The first kappa shape index (κ1) is 28.1. The highest BCUT2D eigenvalue weighted by Crippen LogP contribution is 2.39. The van der Waals surface area contributed by atoms with Gasteiger partial charge in [0.2, 0.25) is 0 Å². The number of benzene rings is 2. The number of H-pyrrole nitrogens is 1. The van der Waals surface area contributed by atoms with Gasteiger partial charge in [-0.2, -0.15) is 0 Å². The number of fused-ring (bicyclic) bond motifs is 1. The smallest absolute Gasteiger partial charge is 0.253 e. The van der Waals surface area contributed by atoms with Gasteiger partial charge in [0.25, 0.3) is 11.5 Å². The lowest BCUT2D eigenvalue weighted by Crippen LogP contribution is -2.36. The van der Waals surface area contributed by atoms with E-state index < -0.39 is 0 Å². The van der Waals surface area contributed by atoms with Crippen molar-refractivity contribution >= 4 is 33.1 Å². The number of carbonyl (C=O) groups excluding carboxylic acids is 1. The third-order valence-corrected chi connectivity index (χ3v) is 8.93.